The third kappa shape index (κ3) is 2.35. The van der Waals surface area contributed by atoms with Gasteiger partial charge in [-0.3, -0.25) is 9.89 Å². The highest BCUT2D eigenvalue weighted by molar-refractivity contribution is 5.98. The van der Waals surface area contributed by atoms with Gasteiger partial charge in [-0.25, -0.2) is 9.37 Å². The van der Waals surface area contributed by atoms with Crippen molar-refractivity contribution < 1.29 is 13.9 Å². The minimum atomic E-state index is -0.356. The molecule has 0 radical (unpaired) electrons. The van der Waals surface area contributed by atoms with Gasteiger partial charge >= 0.3 is 0 Å². The van der Waals surface area contributed by atoms with Crippen molar-refractivity contribution >= 4 is 16.8 Å². The molecule has 0 bridgehead atoms. The van der Waals surface area contributed by atoms with Crippen LogP contribution in [-0.2, 0) is 4.74 Å². The number of H-pyrrole nitrogens is 2. The Hall–Kier alpha value is -2.74. The van der Waals surface area contributed by atoms with Crippen molar-refractivity contribution in [2.24, 2.45) is 0 Å². The molecule has 4 rings (SSSR count). The number of methoxy groups -OCH3 is 1. The molecule has 1 aliphatic heterocycles. The van der Waals surface area contributed by atoms with Crippen LogP contribution in [0.25, 0.3) is 10.9 Å². The number of ether oxygens (including phenoxy) is 1. The van der Waals surface area contributed by atoms with Crippen LogP contribution in [-0.4, -0.2) is 50.7 Å². The molecule has 1 aromatic carbocycles. The number of carbonyl (C=O) groups excluding carboxylic acids is 1. The van der Waals surface area contributed by atoms with Gasteiger partial charge in [0.1, 0.15) is 23.7 Å². The fraction of sp³-hybridized carbons (Fsp3) is 0.312. The molecule has 1 saturated heterocycles. The lowest BCUT2D eigenvalue weighted by Gasteiger charge is -2.21. The number of fused-ring (bicyclic) bond motifs is 1. The fourth-order valence-electron chi connectivity index (χ4n) is 3.22. The average Bonchev–Trinajstić information content (AvgIpc) is 3.31. The lowest BCUT2D eigenvalue weighted by atomic mass is 10.2. The van der Waals surface area contributed by atoms with E-state index in [0.29, 0.717) is 35.4 Å². The van der Waals surface area contributed by atoms with Gasteiger partial charge in [0.2, 0.25) is 0 Å². The number of benzene rings is 1. The second-order valence-electron chi connectivity index (χ2n) is 5.82. The summed E-state index contributed by atoms with van der Waals surface area (Å²) in [7, 11) is 1.62. The molecule has 2 aromatic heterocycles. The highest BCUT2D eigenvalue weighted by Crippen LogP contribution is 2.33. The first kappa shape index (κ1) is 14.8. The third-order valence-corrected chi connectivity index (χ3v) is 4.45. The Morgan fingerprint density at radius 3 is 3.04 bits per heavy atom. The van der Waals surface area contributed by atoms with Crippen molar-refractivity contribution in [3.63, 3.8) is 0 Å². The molecule has 0 spiro atoms. The molecule has 124 valence electrons. The van der Waals surface area contributed by atoms with Crippen LogP contribution in [0.2, 0.25) is 0 Å². The zero-order chi connectivity index (χ0) is 16.7. The number of likely N-dealkylation sites (tertiary alicyclic amines) is 1. The van der Waals surface area contributed by atoms with Crippen LogP contribution in [0, 0.1) is 5.82 Å². The van der Waals surface area contributed by atoms with Crippen molar-refractivity contribution in [1.29, 1.82) is 0 Å². The largest absolute Gasteiger partial charge is 0.380 e. The normalized spacial score (nSPS) is 20.8. The molecule has 1 amide bonds. The highest BCUT2D eigenvalue weighted by Gasteiger charge is 2.38. The fourth-order valence-corrected chi connectivity index (χ4v) is 3.22. The quantitative estimate of drug-likeness (QED) is 0.770. The van der Waals surface area contributed by atoms with E-state index in [2.05, 4.69) is 20.2 Å². The Morgan fingerprint density at radius 1 is 1.46 bits per heavy atom. The molecular formula is C16H16FN5O2. The van der Waals surface area contributed by atoms with E-state index >= 15 is 0 Å². The maximum absolute atomic E-state index is 13.9. The second-order valence-corrected chi connectivity index (χ2v) is 5.82. The number of rotatable bonds is 3. The van der Waals surface area contributed by atoms with E-state index in [4.69, 9.17) is 4.74 Å². The van der Waals surface area contributed by atoms with Gasteiger partial charge in [-0.1, -0.05) is 6.07 Å². The molecule has 1 fully saturated rings. The Balaban J connectivity index is 1.69. The molecule has 7 nitrogen and oxygen atoms in total. The maximum Gasteiger partial charge on any atom is 0.271 e. The number of hydrogen-bond donors (Lipinski definition) is 2. The molecule has 3 heterocycles. The summed E-state index contributed by atoms with van der Waals surface area (Å²) in [6.45, 7) is 0.443. The van der Waals surface area contributed by atoms with Gasteiger partial charge < -0.3 is 14.6 Å². The smallest absolute Gasteiger partial charge is 0.271 e. The Bertz CT molecular complexity index is 876. The van der Waals surface area contributed by atoms with Gasteiger partial charge in [0.15, 0.2) is 0 Å². The summed E-state index contributed by atoms with van der Waals surface area (Å²) in [6, 6.07) is 6.02. The van der Waals surface area contributed by atoms with Crippen LogP contribution in [0.3, 0.4) is 0 Å². The molecule has 0 unspecified atom stereocenters. The number of aromatic nitrogens is 4. The maximum atomic E-state index is 13.9. The Labute approximate surface area is 136 Å². The summed E-state index contributed by atoms with van der Waals surface area (Å²) < 4.78 is 19.3. The van der Waals surface area contributed by atoms with Crippen LogP contribution in [0.5, 0.6) is 0 Å². The number of amides is 1. The first-order valence-electron chi connectivity index (χ1n) is 7.63. The van der Waals surface area contributed by atoms with Crippen LogP contribution in [0.4, 0.5) is 4.39 Å². The van der Waals surface area contributed by atoms with E-state index in [-0.39, 0.29) is 23.9 Å². The van der Waals surface area contributed by atoms with Crippen molar-refractivity contribution in [2.45, 2.75) is 18.6 Å². The van der Waals surface area contributed by atoms with Crippen molar-refractivity contribution in [3.05, 3.63) is 47.9 Å². The van der Waals surface area contributed by atoms with E-state index in [1.54, 1.807) is 30.2 Å². The number of carbonyl (C=O) groups is 1. The predicted octanol–water partition coefficient (Wildman–Crippen LogP) is 2.03. The van der Waals surface area contributed by atoms with Gasteiger partial charge in [0.25, 0.3) is 5.91 Å². The highest BCUT2D eigenvalue weighted by atomic mass is 19.1. The number of nitrogens with zero attached hydrogens (tertiary/aromatic N) is 3. The zero-order valence-electron chi connectivity index (χ0n) is 13.0. The van der Waals surface area contributed by atoms with Gasteiger partial charge in [-0.05, 0) is 18.2 Å². The van der Waals surface area contributed by atoms with Crippen LogP contribution in [0.15, 0.2) is 30.6 Å². The summed E-state index contributed by atoms with van der Waals surface area (Å²) in [5.74, 6) is 0.0440. The molecule has 1 aliphatic rings. The monoisotopic (exact) mass is 329 g/mol. The molecular weight excluding hydrogens is 313 g/mol. The molecule has 0 aliphatic carbocycles. The molecule has 3 aromatic rings. The van der Waals surface area contributed by atoms with Gasteiger partial charge in [-0.15, -0.1) is 0 Å². The van der Waals surface area contributed by atoms with Crippen LogP contribution < -0.4 is 0 Å². The first-order valence-corrected chi connectivity index (χ1v) is 7.63. The standard InChI is InChI=1S/C16H16FN5O2/c1-24-9-5-14(15-18-8-19-21-15)22(7-9)16(23)13-6-10-11(17)3-2-4-12(10)20-13/h2-4,6,8-9,14,20H,5,7H2,1H3,(H,18,19,21)/t9-,14+/m1/s1. The number of hydrogen-bond acceptors (Lipinski definition) is 4. The number of halogens is 1. The number of aromatic amines is 2. The van der Waals surface area contributed by atoms with Gasteiger partial charge in [-0.2, -0.15) is 5.10 Å². The third-order valence-electron chi connectivity index (χ3n) is 4.45. The van der Waals surface area contributed by atoms with Crippen molar-refractivity contribution in [2.75, 3.05) is 13.7 Å². The lowest BCUT2D eigenvalue weighted by Crippen LogP contribution is -2.32. The summed E-state index contributed by atoms with van der Waals surface area (Å²) in [5, 5.41) is 7.08. The minimum Gasteiger partial charge on any atom is -0.380 e. The van der Waals surface area contributed by atoms with Crippen molar-refractivity contribution in [3.8, 4) is 0 Å². The minimum absolute atomic E-state index is 0.0786. The van der Waals surface area contributed by atoms with E-state index < -0.39 is 0 Å². The topological polar surface area (TPSA) is 86.9 Å². The summed E-state index contributed by atoms with van der Waals surface area (Å²) in [6.07, 6.45) is 1.97. The summed E-state index contributed by atoms with van der Waals surface area (Å²) in [4.78, 5) is 21.8. The summed E-state index contributed by atoms with van der Waals surface area (Å²) in [5.41, 5.74) is 0.938. The zero-order valence-corrected chi connectivity index (χ0v) is 13.0. The average molecular weight is 329 g/mol. The lowest BCUT2D eigenvalue weighted by molar-refractivity contribution is 0.0679. The summed E-state index contributed by atoms with van der Waals surface area (Å²) >= 11 is 0. The van der Waals surface area contributed by atoms with Gasteiger partial charge in [0.05, 0.1) is 12.1 Å². The van der Waals surface area contributed by atoms with E-state index in [1.165, 1.54) is 12.4 Å². The predicted molar refractivity (Wildman–Crippen MR) is 83.8 cm³/mol. The molecule has 2 atom stereocenters. The van der Waals surface area contributed by atoms with Crippen molar-refractivity contribution in [1.82, 2.24) is 25.1 Å². The first-order chi connectivity index (χ1) is 11.7. The van der Waals surface area contributed by atoms with E-state index in [9.17, 15) is 9.18 Å². The molecule has 0 saturated carbocycles. The Kier molecular flexibility index (Phi) is 3.53. The van der Waals surface area contributed by atoms with E-state index in [1.807, 2.05) is 0 Å². The van der Waals surface area contributed by atoms with E-state index in [0.717, 1.165) is 0 Å². The van der Waals surface area contributed by atoms with Crippen LogP contribution >= 0.6 is 0 Å². The van der Waals surface area contributed by atoms with Crippen LogP contribution in [0.1, 0.15) is 28.8 Å². The molecule has 8 heteroatoms. The number of nitrogens with one attached hydrogen (secondary N) is 2. The second kappa shape index (κ2) is 5.72. The molecule has 24 heavy (non-hydrogen) atoms. The van der Waals surface area contributed by atoms with Gasteiger partial charge in [0, 0.05) is 31.0 Å². The SMILES string of the molecule is CO[C@@H]1C[C@@H](c2ncn[nH]2)N(C(=O)c2cc3c(F)cccc3[nH]2)C1. The molecule has 2 N–H and O–H groups in total. The Morgan fingerprint density at radius 2 is 2.33 bits per heavy atom.